The maximum absolute atomic E-state index is 12.6. The fourth-order valence-electron chi connectivity index (χ4n) is 4.08. The van der Waals surface area contributed by atoms with E-state index in [2.05, 4.69) is 32.2 Å². The van der Waals surface area contributed by atoms with Gasteiger partial charge in [0.15, 0.2) is 6.61 Å². The van der Waals surface area contributed by atoms with Crippen LogP contribution in [0.4, 0.5) is 13.2 Å². The lowest BCUT2D eigenvalue weighted by molar-refractivity contribution is -0.153. The van der Waals surface area contributed by atoms with Crippen LogP contribution in [-0.4, -0.2) is 28.7 Å². The van der Waals surface area contributed by atoms with Crippen LogP contribution in [0.2, 0.25) is 0 Å². The number of halogens is 3. The molecule has 0 saturated carbocycles. The average molecular weight is 457 g/mol. The number of H-pyrrole nitrogens is 1. The zero-order valence-corrected chi connectivity index (χ0v) is 18.3. The van der Waals surface area contributed by atoms with E-state index in [-0.39, 0.29) is 18.1 Å². The van der Waals surface area contributed by atoms with Crippen molar-refractivity contribution in [3.05, 3.63) is 65.6 Å². The van der Waals surface area contributed by atoms with Gasteiger partial charge >= 0.3 is 6.18 Å². The molecule has 0 spiro atoms. The minimum atomic E-state index is -4.40. The molecule has 0 fully saturated rings. The van der Waals surface area contributed by atoms with Crippen LogP contribution in [0.5, 0.6) is 5.75 Å². The molecular formula is C25H26F3N3O2. The standard InChI is InChI=1S/C25H26F3N3O2/c1-16(22-10-8-19(13-29-22)33-15-25(26,27)28)31-24(32)12-17-7-9-20-21(14-30-23(20)11-17)18-5-3-2-4-6-18/h5,7-11,13-14,16,30H,2-4,6,12,15H2,1H3,(H,31,32)/t16-/m1/s1. The Balaban J connectivity index is 1.35. The molecule has 5 nitrogen and oxygen atoms in total. The zero-order valence-electron chi connectivity index (χ0n) is 18.3. The summed E-state index contributed by atoms with van der Waals surface area (Å²) in [4.78, 5) is 20.0. The second kappa shape index (κ2) is 9.68. The lowest BCUT2D eigenvalue weighted by Gasteiger charge is -2.15. The van der Waals surface area contributed by atoms with Gasteiger partial charge in [-0.1, -0.05) is 18.2 Å². The Hall–Kier alpha value is -3.29. The number of hydrogen-bond donors (Lipinski definition) is 2. The number of aromatic nitrogens is 2. The molecule has 0 unspecified atom stereocenters. The molecule has 33 heavy (non-hydrogen) atoms. The van der Waals surface area contributed by atoms with E-state index in [1.54, 1.807) is 13.0 Å². The highest BCUT2D eigenvalue weighted by molar-refractivity contribution is 5.93. The Morgan fingerprint density at radius 2 is 2.09 bits per heavy atom. The molecule has 2 N–H and O–H groups in total. The zero-order chi connectivity index (χ0) is 23.4. The van der Waals surface area contributed by atoms with Crippen LogP contribution in [0, 0.1) is 0 Å². The number of allylic oxidation sites excluding steroid dienone is 2. The molecule has 174 valence electrons. The molecule has 8 heteroatoms. The normalized spacial score (nSPS) is 15.2. The molecule has 0 radical (unpaired) electrons. The summed E-state index contributed by atoms with van der Waals surface area (Å²) in [6.07, 6.45) is 6.07. The average Bonchev–Trinajstić information content (AvgIpc) is 3.21. The predicted molar refractivity (Wildman–Crippen MR) is 121 cm³/mol. The fourth-order valence-corrected chi connectivity index (χ4v) is 4.08. The van der Waals surface area contributed by atoms with Gasteiger partial charge < -0.3 is 15.0 Å². The third-order valence-corrected chi connectivity index (χ3v) is 5.73. The van der Waals surface area contributed by atoms with E-state index in [4.69, 9.17) is 0 Å². The minimum Gasteiger partial charge on any atom is -0.483 e. The number of carbonyl (C=O) groups is 1. The largest absolute Gasteiger partial charge is 0.483 e. The first-order valence-corrected chi connectivity index (χ1v) is 11.0. The molecule has 2 aromatic heterocycles. The second-order valence-electron chi connectivity index (χ2n) is 8.35. The maximum atomic E-state index is 12.6. The monoisotopic (exact) mass is 457 g/mol. The van der Waals surface area contributed by atoms with Crippen LogP contribution >= 0.6 is 0 Å². The Bertz CT molecular complexity index is 1150. The number of nitrogens with zero attached hydrogens (tertiary/aromatic N) is 1. The van der Waals surface area contributed by atoms with Gasteiger partial charge in [-0.15, -0.1) is 0 Å². The summed E-state index contributed by atoms with van der Waals surface area (Å²) in [5.41, 5.74) is 5.05. The molecule has 4 rings (SSSR count). The maximum Gasteiger partial charge on any atom is 0.422 e. The summed E-state index contributed by atoms with van der Waals surface area (Å²) >= 11 is 0. The predicted octanol–water partition coefficient (Wildman–Crippen LogP) is 5.88. The number of nitrogens with one attached hydrogen (secondary N) is 2. The van der Waals surface area contributed by atoms with E-state index in [0.29, 0.717) is 5.69 Å². The van der Waals surface area contributed by atoms with Crippen LogP contribution < -0.4 is 10.1 Å². The van der Waals surface area contributed by atoms with Gasteiger partial charge in [0.2, 0.25) is 5.91 Å². The SMILES string of the molecule is C[C@@H](NC(=O)Cc1ccc2c(C3=CCCCC3)c[nH]c2c1)c1ccc(OCC(F)(F)F)cn1. The van der Waals surface area contributed by atoms with Gasteiger partial charge in [-0.05, 0) is 61.9 Å². The van der Waals surface area contributed by atoms with E-state index in [1.807, 2.05) is 18.3 Å². The number of alkyl halides is 3. The topological polar surface area (TPSA) is 67.0 Å². The highest BCUT2D eigenvalue weighted by Gasteiger charge is 2.28. The molecule has 2 heterocycles. The van der Waals surface area contributed by atoms with E-state index >= 15 is 0 Å². The summed E-state index contributed by atoms with van der Waals surface area (Å²) in [5, 5.41) is 4.05. The molecule has 3 aromatic rings. The molecule has 1 amide bonds. The van der Waals surface area contributed by atoms with Gasteiger partial charge in [0.05, 0.1) is 24.4 Å². The van der Waals surface area contributed by atoms with Crippen molar-refractivity contribution in [2.75, 3.05) is 6.61 Å². The highest BCUT2D eigenvalue weighted by atomic mass is 19.4. The quantitative estimate of drug-likeness (QED) is 0.466. The molecule has 0 aliphatic heterocycles. The van der Waals surface area contributed by atoms with Crippen molar-refractivity contribution >= 4 is 22.4 Å². The molecular weight excluding hydrogens is 431 g/mol. The Kier molecular flexibility index (Phi) is 6.72. The van der Waals surface area contributed by atoms with Crippen LogP contribution in [0.25, 0.3) is 16.5 Å². The highest BCUT2D eigenvalue weighted by Crippen LogP contribution is 2.32. The van der Waals surface area contributed by atoms with E-state index < -0.39 is 18.8 Å². The Labute approximate surface area is 190 Å². The minimum absolute atomic E-state index is 0.0252. The number of carbonyl (C=O) groups excluding carboxylic acids is 1. The van der Waals surface area contributed by atoms with E-state index in [1.165, 1.54) is 36.2 Å². The lowest BCUT2D eigenvalue weighted by atomic mass is 9.93. The van der Waals surface area contributed by atoms with Crippen LogP contribution in [-0.2, 0) is 11.2 Å². The smallest absolute Gasteiger partial charge is 0.422 e. The van der Waals surface area contributed by atoms with Crippen LogP contribution in [0.15, 0.2) is 48.8 Å². The van der Waals surface area contributed by atoms with Crippen LogP contribution in [0.3, 0.4) is 0 Å². The molecule has 0 saturated heterocycles. The molecule has 1 aliphatic carbocycles. The number of amides is 1. The van der Waals surface area contributed by atoms with Crippen molar-refractivity contribution in [3.63, 3.8) is 0 Å². The van der Waals surface area contributed by atoms with Gasteiger partial charge in [0.25, 0.3) is 0 Å². The van der Waals surface area contributed by atoms with E-state index in [9.17, 15) is 18.0 Å². The number of pyridine rings is 1. The molecule has 1 atom stereocenters. The molecule has 1 aliphatic rings. The third kappa shape index (κ3) is 5.94. The summed E-state index contributed by atoms with van der Waals surface area (Å²) in [6, 6.07) is 8.59. The first-order chi connectivity index (χ1) is 15.8. The summed E-state index contributed by atoms with van der Waals surface area (Å²) < 4.78 is 41.4. The van der Waals surface area contributed by atoms with Crippen molar-refractivity contribution in [2.45, 2.75) is 51.2 Å². The molecule has 1 aromatic carbocycles. The van der Waals surface area contributed by atoms with Crippen molar-refractivity contribution in [3.8, 4) is 5.75 Å². The van der Waals surface area contributed by atoms with Crippen LogP contribution in [0.1, 0.15) is 55.5 Å². The number of rotatable bonds is 7. The van der Waals surface area contributed by atoms with Gasteiger partial charge in [-0.3, -0.25) is 9.78 Å². The summed E-state index contributed by atoms with van der Waals surface area (Å²) in [5.74, 6) is -0.139. The Morgan fingerprint density at radius 3 is 2.79 bits per heavy atom. The van der Waals surface area contributed by atoms with E-state index in [0.717, 1.165) is 29.3 Å². The number of ether oxygens (including phenoxy) is 1. The van der Waals surface area contributed by atoms with Gasteiger partial charge in [0.1, 0.15) is 5.75 Å². The first kappa shape index (κ1) is 22.9. The lowest BCUT2D eigenvalue weighted by Crippen LogP contribution is -2.28. The Morgan fingerprint density at radius 1 is 1.24 bits per heavy atom. The van der Waals surface area contributed by atoms with Crippen molar-refractivity contribution in [2.24, 2.45) is 0 Å². The number of aromatic amines is 1. The first-order valence-electron chi connectivity index (χ1n) is 11.0. The third-order valence-electron chi connectivity index (χ3n) is 5.73. The van der Waals surface area contributed by atoms with Crippen molar-refractivity contribution in [1.29, 1.82) is 0 Å². The van der Waals surface area contributed by atoms with Gasteiger partial charge in [0, 0.05) is 22.7 Å². The fraction of sp³-hybridized carbons (Fsp3) is 0.360. The summed E-state index contributed by atoms with van der Waals surface area (Å²) in [7, 11) is 0. The number of benzene rings is 1. The number of fused-ring (bicyclic) bond motifs is 1. The van der Waals surface area contributed by atoms with Crippen molar-refractivity contribution < 1.29 is 22.7 Å². The van der Waals surface area contributed by atoms with Gasteiger partial charge in [-0.2, -0.15) is 13.2 Å². The van der Waals surface area contributed by atoms with Gasteiger partial charge in [-0.25, -0.2) is 0 Å². The molecule has 0 bridgehead atoms. The summed E-state index contributed by atoms with van der Waals surface area (Å²) in [6.45, 7) is 0.402. The number of hydrogen-bond acceptors (Lipinski definition) is 3. The van der Waals surface area contributed by atoms with Crippen molar-refractivity contribution in [1.82, 2.24) is 15.3 Å². The second-order valence-corrected chi connectivity index (χ2v) is 8.35.